The van der Waals surface area contributed by atoms with E-state index in [0.29, 0.717) is 12.3 Å². The Morgan fingerprint density at radius 2 is 2.20 bits per heavy atom. The van der Waals surface area contributed by atoms with Crippen LogP contribution in [0.2, 0.25) is 0 Å². The molecule has 0 spiro atoms. The summed E-state index contributed by atoms with van der Waals surface area (Å²) < 4.78 is 5.37. The zero-order valence-corrected chi connectivity index (χ0v) is 12.9. The molecule has 1 fully saturated rings. The zero-order valence-electron chi connectivity index (χ0n) is 12.9. The van der Waals surface area contributed by atoms with Crippen molar-refractivity contribution < 1.29 is 4.52 Å². The quantitative estimate of drug-likeness (QED) is 0.870. The molecule has 1 aliphatic heterocycles. The molecule has 0 radical (unpaired) electrons. The first-order valence-electron chi connectivity index (χ1n) is 7.57. The summed E-state index contributed by atoms with van der Waals surface area (Å²) in [6.45, 7) is 5.26. The van der Waals surface area contributed by atoms with Gasteiger partial charge in [-0.1, -0.05) is 18.5 Å². The smallest absolute Gasteiger partial charge is 0.228 e. The van der Waals surface area contributed by atoms with Gasteiger partial charge in [0.05, 0.1) is 6.04 Å². The number of hydrogen-bond acceptors (Lipinski definition) is 6. The molecule has 0 bridgehead atoms. The van der Waals surface area contributed by atoms with E-state index in [1.165, 1.54) is 6.42 Å². The van der Waals surface area contributed by atoms with E-state index < -0.39 is 0 Å². The van der Waals surface area contributed by atoms with Crippen LogP contribution in [0.4, 0.5) is 0 Å². The monoisotopic (exact) mass is 281 g/mol. The maximum atomic E-state index is 6.03. The standard InChI is InChI=1S/C14H27N5O/c1-4-6-11(15)9-13-16-14(17-20-13)12-10-18(2)7-5-8-19(12)3/h11-12H,4-10,15H2,1-3H3. The van der Waals surface area contributed by atoms with Crippen LogP contribution in [-0.2, 0) is 6.42 Å². The average Bonchev–Trinajstić information content (AvgIpc) is 2.77. The molecule has 2 heterocycles. The van der Waals surface area contributed by atoms with Crippen LogP contribution in [0.3, 0.4) is 0 Å². The van der Waals surface area contributed by atoms with Crippen molar-refractivity contribution in [3.8, 4) is 0 Å². The van der Waals surface area contributed by atoms with Gasteiger partial charge in [-0.3, -0.25) is 4.90 Å². The van der Waals surface area contributed by atoms with Crippen LogP contribution in [0.15, 0.2) is 4.52 Å². The first kappa shape index (κ1) is 15.4. The summed E-state index contributed by atoms with van der Waals surface area (Å²) in [6, 6.07) is 0.324. The summed E-state index contributed by atoms with van der Waals surface area (Å²) in [5.74, 6) is 1.46. The Hall–Kier alpha value is -0.980. The van der Waals surface area contributed by atoms with Gasteiger partial charge in [-0.2, -0.15) is 4.98 Å². The molecule has 1 aromatic heterocycles. The molecule has 2 unspecified atom stereocenters. The van der Waals surface area contributed by atoms with Crippen LogP contribution in [-0.4, -0.2) is 59.7 Å². The molecule has 1 saturated heterocycles. The van der Waals surface area contributed by atoms with Crippen LogP contribution in [0, 0.1) is 0 Å². The van der Waals surface area contributed by atoms with Gasteiger partial charge < -0.3 is 15.2 Å². The molecule has 6 nitrogen and oxygen atoms in total. The minimum absolute atomic E-state index is 0.114. The van der Waals surface area contributed by atoms with Gasteiger partial charge in [0.2, 0.25) is 5.89 Å². The third-order valence-corrected chi connectivity index (χ3v) is 3.95. The van der Waals surface area contributed by atoms with Gasteiger partial charge >= 0.3 is 0 Å². The fourth-order valence-corrected chi connectivity index (χ4v) is 2.73. The summed E-state index contributed by atoms with van der Waals surface area (Å²) in [5, 5.41) is 4.17. The first-order valence-corrected chi connectivity index (χ1v) is 7.57. The lowest BCUT2D eigenvalue weighted by molar-refractivity contribution is 0.214. The lowest BCUT2D eigenvalue weighted by atomic mass is 10.1. The Labute approximate surface area is 121 Å². The van der Waals surface area contributed by atoms with Gasteiger partial charge in [-0.05, 0) is 40.0 Å². The van der Waals surface area contributed by atoms with Crippen LogP contribution in [0.1, 0.15) is 43.9 Å². The Morgan fingerprint density at radius 3 is 2.95 bits per heavy atom. The Kier molecular flexibility index (Phi) is 5.51. The van der Waals surface area contributed by atoms with E-state index in [1.807, 2.05) is 0 Å². The molecular weight excluding hydrogens is 254 g/mol. The third-order valence-electron chi connectivity index (χ3n) is 3.95. The van der Waals surface area contributed by atoms with E-state index in [-0.39, 0.29) is 12.1 Å². The maximum Gasteiger partial charge on any atom is 0.228 e. The number of likely N-dealkylation sites (N-methyl/N-ethyl adjacent to an activating group) is 2. The van der Waals surface area contributed by atoms with Crippen molar-refractivity contribution in [2.24, 2.45) is 5.73 Å². The van der Waals surface area contributed by atoms with Crippen molar-refractivity contribution in [2.75, 3.05) is 33.7 Å². The van der Waals surface area contributed by atoms with Crippen molar-refractivity contribution >= 4 is 0 Å². The molecule has 0 amide bonds. The predicted molar refractivity (Wildman–Crippen MR) is 78.4 cm³/mol. The third kappa shape index (κ3) is 4.01. The van der Waals surface area contributed by atoms with E-state index >= 15 is 0 Å². The second-order valence-corrected chi connectivity index (χ2v) is 5.91. The topological polar surface area (TPSA) is 71.4 Å². The second kappa shape index (κ2) is 7.15. The van der Waals surface area contributed by atoms with E-state index in [4.69, 9.17) is 10.3 Å². The molecule has 2 N–H and O–H groups in total. The van der Waals surface area contributed by atoms with Crippen LogP contribution >= 0.6 is 0 Å². The Morgan fingerprint density at radius 1 is 1.40 bits per heavy atom. The van der Waals surface area contributed by atoms with Gasteiger partial charge in [-0.25, -0.2) is 0 Å². The number of rotatable bonds is 5. The van der Waals surface area contributed by atoms with Crippen molar-refractivity contribution in [3.63, 3.8) is 0 Å². The van der Waals surface area contributed by atoms with Crippen LogP contribution < -0.4 is 5.73 Å². The molecule has 6 heteroatoms. The molecule has 1 aliphatic rings. The lowest BCUT2D eigenvalue weighted by Crippen LogP contribution is -2.31. The highest BCUT2D eigenvalue weighted by atomic mass is 16.5. The lowest BCUT2D eigenvalue weighted by Gasteiger charge is -2.24. The van der Waals surface area contributed by atoms with Gasteiger partial charge in [0.15, 0.2) is 5.82 Å². The fraction of sp³-hybridized carbons (Fsp3) is 0.857. The highest BCUT2D eigenvalue weighted by Crippen LogP contribution is 2.21. The fourth-order valence-electron chi connectivity index (χ4n) is 2.73. The SMILES string of the molecule is CCCC(N)Cc1nc(C2CN(C)CCCN2C)no1. The molecule has 2 atom stereocenters. The zero-order chi connectivity index (χ0) is 14.5. The van der Waals surface area contributed by atoms with Gasteiger partial charge in [0, 0.05) is 19.0 Å². The van der Waals surface area contributed by atoms with Crippen molar-refractivity contribution in [1.82, 2.24) is 19.9 Å². The molecule has 2 rings (SSSR count). The van der Waals surface area contributed by atoms with E-state index in [0.717, 1.165) is 38.3 Å². The Balaban J connectivity index is 2.02. The largest absolute Gasteiger partial charge is 0.339 e. The second-order valence-electron chi connectivity index (χ2n) is 5.91. The minimum atomic E-state index is 0.114. The molecule has 1 aromatic rings. The van der Waals surface area contributed by atoms with Gasteiger partial charge in [0.1, 0.15) is 0 Å². The molecule has 0 saturated carbocycles. The van der Waals surface area contributed by atoms with E-state index in [9.17, 15) is 0 Å². The molecule has 114 valence electrons. The molecule has 0 aliphatic carbocycles. The molecule has 0 aromatic carbocycles. The first-order chi connectivity index (χ1) is 9.60. The summed E-state index contributed by atoms with van der Waals surface area (Å²) in [5.41, 5.74) is 6.03. The van der Waals surface area contributed by atoms with Crippen molar-refractivity contribution in [1.29, 1.82) is 0 Å². The normalized spacial score (nSPS) is 23.7. The number of nitrogens with zero attached hydrogens (tertiary/aromatic N) is 4. The highest BCUT2D eigenvalue weighted by Gasteiger charge is 2.26. The van der Waals surface area contributed by atoms with Gasteiger partial charge in [0.25, 0.3) is 0 Å². The number of hydrogen-bond donors (Lipinski definition) is 1. The van der Waals surface area contributed by atoms with Crippen LogP contribution in [0.5, 0.6) is 0 Å². The van der Waals surface area contributed by atoms with Crippen LogP contribution in [0.25, 0.3) is 0 Å². The summed E-state index contributed by atoms with van der Waals surface area (Å²) in [7, 11) is 4.27. The maximum absolute atomic E-state index is 6.03. The van der Waals surface area contributed by atoms with E-state index in [1.54, 1.807) is 0 Å². The summed E-state index contributed by atoms with van der Waals surface area (Å²) in [4.78, 5) is 9.19. The van der Waals surface area contributed by atoms with E-state index in [2.05, 4.69) is 41.0 Å². The predicted octanol–water partition coefficient (Wildman–Crippen LogP) is 1.05. The Bertz CT molecular complexity index is 408. The number of aromatic nitrogens is 2. The van der Waals surface area contributed by atoms with Gasteiger partial charge in [-0.15, -0.1) is 0 Å². The highest BCUT2D eigenvalue weighted by molar-refractivity contribution is 4.98. The van der Waals surface area contributed by atoms with Crippen molar-refractivity contribution in [2.45, 2.75) is 44.7 Å². The number of nitrogens with two attached hydrogens (primary N) is 1. The molecule has 20 heavy (non-hydrogen) atoms. The molecular formula is C14H27N5O. The summed E-state index contributed by atoms with van der Waals surface area (Å²) >= 11 is 0. The summed E-state index contributed by atoms with van der Waals surface area (Å²) in [6.07, 6.45) is 3.92. The minimum Gasteiger partial charge on any atom is -0.339 e. The average molecular weight is 281 g/mol. The van der Waals surface area contributed by atoms with Crippen molar-refractivity contribution in [3.05, 3.63) is 11.7 Å².